The number of nitrogens with zero attached hydrogens (tertiary/aromatic N) is 1. The predicted octanol–water partition coefficient (Wildman–Crippen LogP) is 2.92. The molecule has 0 aliphatic carbocycles. The molecule has 224 valence electrons. The summed E-state index contributed by atoms with van der Waals surface area (Å²) in [6.07, 6.45) is -4.92. The van der Waals surface area contributed by atoms with Gasteiger partial charge in [-0.2, -0.15) is 5.26 Å². The van der Waals surface area contributed by atoms with E-state index >= 15 is 0 Å². The van der Waals surface area contributed by atoms with Gasteiger partial charge in [-0.15, -0.1) is 0 Å². The van der Waals surface area contributed by atoms with E-state index in [1.54, 1.807) is 12.1 Å². The maximum atomic E-state index is 12.3. The van der Waals surface area contributed by atoms with E-state index in [0.717, 1.165) is 50.8 Å². The highest BCUT2D eigenvalue weighted by atomic mass is 16.7. The lowest BCUT2D eigenvalue weighted by molar-refractivity contribution is -0.360. The second-order valence-electron chi connectivity index (χ2n) is 10.1. The Morgan fingerprint density at radius 2 is 1.48 bits per heavy atom. The third-order valence-corrected chi connectivity index (χ3v) is 6.86. The minimum absolute atomic E-state index is 0.00372. The van der Waals surface area contributed by atoms with E-state index in [-0.39, 0.29) is 11.1 Å². The van der Waals surface area contributed by atoms with E-state index in [2.05, 4.69) is 6.92 Å². The van der Waals surface area contributed by atoms with Crippen LogP contribution in [-0.4, -0.2) is 60.0 Å². The molecule has 2 aromatic carbocycles. The molecule has 1 aliphatic rings. The number of nitriles is 1. The smallest absolute Gasteiger partial charge is 0.303 e. The lowest BCUT2D eigenvalue weighted by atomic mass is 9.83. The summed E-state index contributed by atoms with van der Waals surface area (Å²) >= 11 is 0. The van der Waals surface area contributed by atoms with Gasteiger partial charge in [0.05, 0.1) is 11.6 Å². The Kier molecular flexibility index (Phi) is 10.4. The maximum Gasteiger partial charge on any atom is 0.303 e. The number of carbonyl (C=O) groups is 4. The van der Waals surface area contributed by atoms with Crippen molar-refractivity contribution < 1.29 is 48.0 Å². The Morgan fingerprint density at radius 1 is 0.905 bits per heavy atom. The molecule has 1 fully saturated rings. The average molecular weight is 582 g/mol. The van der Waals surface area contributed by atoms with Crippen molar-refractivity contribution in [3.8, 4) is 6.07 Å². The molecule has 11 heteroatoms. The van der Waals surface area contributed by atoms with Crippen LogP contribution >= 0.6 is 0 Å². The van der Waals surface area contributed by atoms with Gasteiger partial charge in [-0.05, 0) is 54.2 Å². The van der Waals surface area contributed by atoms with Crippen LogP contribution in [0.25, 0.3) is 0 Å². The normalized spacial score (nSPS) is 23.3. The zero-order valence-electron chi connectivity index (χ0n) is 24.5. The Morgan fingerprint density at radius 3 is 2.00 bits per heavy atom. The molecule has 1 aliphatic heterocycles. The molecule has 1 heterocycles. The molecule has 42 heavy (non-hydrogen) atoms. The van der Waals surface area contributed by atoms with Crippen LogP contribution in [0.4, 0.5) is 0 Å². The lowest BCUT2D eigenvalue weighted by Crippen LogP contribution is -2.66. The van der Waals surface area contributed by atoms with Crippen molar-refractivity contribution in [2.24, 2.45) is 0 Å². The number of esters is 4. The monoisotopic (exact) mass is 581 g/mol. The van der Waals surface area contributed by atoms with Gasteiger partial charge in [-0.25, -0.2) is 0 Å². The van der Waals surface area contributed by atoms with Crippen molar-refractivity contribution in [1.82, 2.24) is 0 Å². The molecule has 0 bridgehead atoms. The van der Waals surface area contributed by atoms with Crippen LogP contribution in [-0.2, 0) is 61.5 Å². The summed E-state index contributed by atoms with van der Waals surface area (Å²) in [6, 6.07) is 13.2. The first-order valence-corrected chi connectivity index (χ1v) is 13.5. The number of aliphatic hydroxyl groups is 1. The molecule has 1 N–H and O–H groups in total. The second kappa shape index (κ2) is 13.6. The van der Waals surface area contributed by atoms with Gasteiger partial charge in [0.25, 0.3) is 0 Å². The molecule has 11 nitrogen and oxygen atoms in total. The Hall–Kier alpha value is -4.27. The number of hydrogen-bond acceptors (Lipinski definition) is 11. The maximum absolute atomic E-state index is 12.3. The molecule has 2 aromatic rings. The quantitative estimate of drug-likeness (QED) is 0.343. The molecule has 0 amide bonds. The Labute approximate surface area is 244 Å². The highest BCUT2D eigenvalue weighted by Crippen LogP contribution is 2.43. The van der Waals surface area contributed by atoms with E-state index < -0.39 is 60.7 Å². The number of aryl methyl sites for hydroxylation is 2. The fraction of sp³-hybridized carbons (Fsp3) is 0.452. The third kappa shape index (κ3) is 7.51. The number of benzene rings is 2. The van der Waals surface area contributed by atoms with Gasteiger partial charge in [0, 0.05) is 33.3 Å². The number of carbonyl (C=O) groups excluding carboxylic acids is 4. The summed E-state index contributed by atoms with van der Waals surface area (Å²) < 4.78 is 27.5. The van der Waals surface area contributed by atoms with Crippen LogP contribution in [0.15, 0.2) is 36.4 Å². The number of hydrogen-bond donors (Lipinski definition) is 1. The first-order valence-electron chi connectivity index (χ1n) is 13.5. The van der Waals surface area contributed by atoms with E-state index in [1.807, 2.05) is 37.3 Å². The Balaban J connectivity index is 2.23. The van der Waals surface area contributed by atoms with Crippen molar-refractivity contribution in [2.75, 3.05) is 6.61 Å². The minimum Gasteiger partial charge on any atom is -0.463 e. The fourth-order valence-corrected chi connectivity index (χ4v) is 4.94. The van der Waals surface area contributed by atoms with E-state index in [9.17, 15) is 29.5 Å². The van der Waals surface area contributed by atoms with Crippen LogP contribution < -0.4 is 0 Å². The zero-order valence-corrected chi connectivity index (χ0v) is 24.5. The van der Waals surface area contributed by atoms with Crippen LogP contribution in [0.2, 0.25) is 0 Å². The topological polar surface area (TPSA) is 158 Å². The van der Waals surface area contributed by atoms with Crippen molar-refractivity contribution in [1.29, 1.82) is 5.26 Å². The average Bonchev–Trinajstić information content (AvgIpc) is 2.91. The Bertz CT molecular complexity index is 1380. The summed E-state index contributed by atoms with van der Waals surface area (Å²) in [6.45, 7) is 7.75. The van der Waals surface area contributed by atoms with Gasteiger partial charge < -0.3 is 28.8 Å². The van der Waals surface area contributed by atoms with Gasteiger partial charge in [0.2, 0.25) is 11.9 Å². The lowest BCUT2D eigenvalue weighted by Gasteiger charge is -2.49. The zero-order chi connectivity index (χ0) is 31.2. The van der Waals surface area contributed by atoms with Gasteiger partial charge >= 0.3 is 23.9 Å². The van der Waals surface area contributed by atoms with Crippen LogP contribution in [0.5, 0.6) is 0 Å². The fourth-order valence-electron chi connectivity index (χ4n) is 4.94. The second-order valence-corrected chi connectivity index (χ2v) is 10.1. The van der Waals surface area contributed by atoms with Crippen LogP contribution in [0.1, 0.15) is 68.0 Å². The first-order chi connectivity index (χ1) is 19.8. The largest absolute Gasteiger partial charge is 0.463 e. The molecular weight excluding hydrogens is 546 g/mol. The SMILES string of the molecule is CCc1ccc(Cc2cc([C@@]3(O)O[C@H](COC(C)=O)[C@@H](OC(C)=O)[C@H](OC(C)=O)[C@H]3OC(C)=O)c(C#N)cc2C)cc1. The molecular formula is C31H35NO10. The van der Waals surface area contributed by atoms with Crippen LogP contribution in [0, 0.1) is 18.3 Å². The molecule has 0 saturated carbocycles. The summed E-state index contributed by atoms with van der Waals surface area (Å²) in [5.74, 6) is -5.82. The predicted molar refractivity (Wildman–Crippen MR) is 147 cm³/mol. The molecule has 0 aromatic heterocycles. The van der Waals surface area contributed by atoms with E-state index in [4.69, 9.17) is 23.7 Å². The first kappa shape index (κ1) is 32.2. The molecule has 1 saturated heterocycles. The summed E-state index contributed by atoms with van der Waals surface area (Å²) in [5.41, 5.74) is 3.55. The molecule has 5 atom stereocenters. The molecule has 0 unspecified atom stereocenters. The summed E-state index contributed by atoms with van der Waals surface area (Å²) in [5, 5.41) is 22.3. The number of rotatable bonds is 9. The van der Waals surface area contributed by atoms with Crippen molar-refractivity contribution in [3.05, 3.63) is 69.8 Å². The van der Waals surface area contributed by atoms with E-state index in [0.29, 0.717) is 6.42 Å². The van der Waals surface area contributed by atoms with Crippen molar-refractivity contribution in [3.63, 3.8) is 0 Å². The highest BCUT2D eigenvalue weighted by Gasteiger charge is 2.61. The van der Waals surface area contributed by atoms with Crippen molar-refractivity contribution >= 4 is 23.9 Å². The van der Waals surface area contributed by atoms with Crippen LogP contribution in [0.3, 0.4) is 0 Å². The molecule has 3 rings (SSSR count). The minimum atomic E-state index is -2.60. The summed E-state index contributed by atoms with van der Waals surface area (Å²) in [7, 11) is 0. The summed E-state index contributed by atoms with van der Waals surface area (Å²) in [4.78, 5) is 48.2. The standard InChI is InChI=1S/C31H35NO10/c1-7-22-8-10-23(11-9-22)13-24-14-26(25(15-32)12-17(24)2)31(37)30(41-21(6)36)29(40-20(5)35)28(39-19(4)34)27(42-31)16-38-18(3)33/h8-12,14,27-30,37H,7,13,16H2,1-6H3/t27-,28-,29+,30-,31-/m1/s1. The van der Waals surface area contributed by atoms with Gasteiger partial charge in [0.1, 0.15) is 12.7 Å². The number of ether oxygens (including phenoxy) is 5. The van der Waals surface area contributed by atoms with Gasteiger partial charge in [0.15, 0.2) is 12.2 Å². The highest BCUT2D eigenvalue weighted by molar-refractivity contribution is 5.69. The molecule has 0 radical (unpaired) electrons. The van der Waals surface area contributed by atoms with Gasteiger partial charge in [-0.3, -0.25) is 19.2 Å². The van der Waals surface area contributed by atoms with Gasteiger partial charge in [-0.1, -0.05) is 31.2 Å². The molecule has 0 spiro atoms. The van der Waals surface area contributed by atoms with Crippen molar-refractivity contribution in [2.45, 2.75) is 84.6 Å². The van der Waals surface area contributed by atoms with E-state index in [1.165, 1.54) is 5.56 Å². The third-order valence-electron chi connectivity index (χ3n) is 6.86.